The van der Waals surface area contributed by atoms with Crippen LogP contribution in [0.4, 0.5) is 33.5 Å². The summed E-state index contributed by atoms with van der Waals surface area (Å²) in [5, 5.41) is 2.47. The number of nitrogens with zero attached hydrogens (tertiary/aromatic N) is 3. The van der Waals surface area contributed by atoms with Crippen LogP contribution in [0.3, 0.4) is 0 Å². The molecule has 10 heteroatoms. The molecule has 1 aromatic carbocycles. The number of rotatable bonds is 3. The van der Waals surface area contributed by atoms with Crippen molar-refractivity contribution >= 4 is 29.5 Å². The van der Waals surface area contributed by atoms with Gasteiger partial charge in [0, 0.05) is 6.07 Å². The zero-order chi connectivity index (χ0) is 15.8. The van der Waals surface area contributed by atoms with Crippen LogP contribution in [0.1, 0.15) is 0 Å². The van der Waals surface area contributed by atoms with Gasteiger partial charge < -0.3 is 0 Å². The molecule has 112 valence electrons. The Hall–Kier alpha value is -2.16. The van der Waals surface area contributed by atoms with Gasteiger partial charge in [0.15, 0.2) is 5.82 Å². The lowest BCUT2D eigenvalue weighted by Crippen LogP contribution is -2.26. The molecule has 0 radical (unpaired) electrons. The second-order valence-electron chi connectivity index (χ2n) is 3.77. The number of aromatic nitrogens is 2. The van der Waals surface area contributed by atoms with Gasteiger partial charge in [-0.3, -0.25) is 9.69 Å². The van der Waals surface area contributed by atoms with Crippen LogP contribution in [0.15, 0.2) is 24.4 Å². The average molecular weight is 326 g/mol. The van der Waals surface area contributed by atoms with Gasteiger partial charge in [-0.15, -0.1) is 13.2 Å². The molecule has 2 rings (SSSR count). The Morgan fingerprint density at radius 1 is 1.29 bits per heavy atom. The van der Waals surface area contributed by atoms with E-state index in [1.54, 1.807) is 0 Å². The molecule has 1 amide bonds. The van der Waals surface area contributed by atoms with Gasteiger partial charge in [-0.05, 0) is 12.1 Å². The van der Waals surface area contributed by atoms with E-state index in [0.717, 1.165) is 12.1 Å². The van der Waals surface area contributed by atoms with Crippen molar-refractivity contribution in [1.82, 2.24) is 9.78 Å². The zero-order valence-corrected chi connectivity index (χ0v) is 10.7. The SMILES string of the molecule is O=CN(c1ccc(F)cc1F)c1c(Cl)cnn1C(F)(F)F. The monoisotopic (exact) mass is 325 g/mol. The molecule has 1 heterocycles. The molecule has 0 atom stereocenters. The molecule has 0 saturated carbocycles. The van der Waals surface area contributed by atoms with Gasteiger partial charge in [0.05, 0.1) is 11.9 Å². The van der Waals surface area contributed by atoms with E-state index in [2.05, 4.69) is 5.10 Å². The summed E-state index contributed by atoms with van der Waals surface area (Å²) in [6.45, 7) is 0. The van der Waals surface area contributed by atoms with Crippen LogP contribution < -0.4 is 4.90 Å². The lowest BCUT2D eigenvalue weighted by molar-refractivity contribution is -0.210. The predicted molar refractivity (Wildman–Crippen MR) is 63.1 cm³/mol. The van der Waals surface area contributed by atoms with Crippen molar-refractivity contribution in [3.05, 3.63) is 41.1 Å². The topological polar surface area (TPSA) is 38.1 Å². The van der Waals surface area contributed by atoms with E-state index >= 15 is 0 Å². The van der Waals surface area contributed by atoms with E-state index in [-0.39, 0.29) is 11.3 Å². The summed E-state index contributed by atoms with van der Waals surface area (Å²) in [6.07, 6.45) is -4.40. The van der Waals surface area contributed by atoms with E-state index in [1.807, 2.05) is 0 Å². The number of amides is 1. The van der Waals surface area contributed by atoms with Crippen molar-refractivity contribution in [3.8, 4) is 0 Å². The van der Waals surface area contributed by atoms with Crippen LogP contribution in [0.2, 0.25) is 5.02 Å². The quantitative estimate of drug-likeness (QED) is 0.639. The highest BCUT2D eigenvalue weighted by atomic mass is 35.5. The highest BCUT2D eigenvalue weighted by Gasteiger charge is 2.37. The fraction of sp³-hybridized carbons (Fsp3) is 0.0909. The maximum absolute atomic E-state index is 13.6. The molecule has 2 aromatic rings. The van der Waals surface area contributed by atoms with Crippen molar-refractivity contribution in [2.24, 2.45) is 0 Å². The molecule has 0 N–H and O–H groups in total. The van der Waals surface area contributed by atoms with Crippen molar-refractivity contribution in [2.45, 2.75) is 6.30 Å². The summed E-state index contributed by atoms with van der Waals surface area (Å²) >= 11 is 5.58. The highest BCUT2D eigenvalue weighted by Crippen LogP contribution is 2.37. The molecule has 0 aliphatic heterocycles. The van der Waals surface area contributed by atoms with Crippen molar-refractivity contribution in [1.29, 1.82) is 0 Å². The van der Waals surface area contributed by atoms with Gasteiger partial charge in [-0.1, -0.05) is 11.6 Å². The Labute approximate surface area is 119 Å². The summed E-state index contributed by atoms with van der Waals surface area (Å²) in [4.78, 5) is 11.4. The van der Waals surface area contributed by atoms with Crippen LogP contribution in [0, 0.1) is 11.6 Å². The van der Waals surface area contributed by atoms with Gasteiger partial charge in [0.2, 0.25) is 6.41 Å². The fourth-order valence-corrected chi connectivity index (χ4v) is 1.84. The molecule has 0 unspecified atom stereocenters. The van der Waals surface area contributed by atoms with Gasteiger partial charge in [-0.2, -0.15) is 9.78 Å². The standard InChI is InChI=1S/C11H5ClF5N3O/c12-7-4-18-20(11(15,16)17)10(7)19(5-21)9-2-1-6(13)3-8(9)14/h1-5H. The zero-order valence-electron chi connectivity index (χ0n) is 9.90. The minimum atomic E-state index is -4.97. The molecule has 21 heavy (non-hydrogen) atoms. The Morgan fingerprint density at radius 3 is 2.48 bits per heavy atom. The first-order valence-electron chi connectivity index (χ1n) is 5.26. The number of anilines is 2. The lowest BCUT2D eigenvalue weighted by atomic mass is 10.2. The van der Waals surface area contributed by atoms with Gasteiger partial charge >= 0.3 is 6.30 Å². The molecule has 0 spiro atoms. The number of hydrogen-bond acceptors (Lipinski definition) is 2. The number of hydrogen-bond donors (Lipinski definition) is 0. The van der Waals surface area contributed by atoms with Crippen LogP contribution >= 0.6 is 11.6 Å². The van der Waals surface area contributed by atoms with Crippen molar-refractivity contribution < 1.29 is 26.7 Å². The maximum atomic E-state index is 13.6. The van der Waals surface area contributed by atoms with E-state index in [4.69, 9.17) is 11.6 Å². The smallest absolute Gasteiger partial charge is 0.278 e. The predicted octanol–water partition coefficient (Wildman–Crippen LogP) is 3.59. The van der Waals surface area contributed by atoms with Gasteiger partial charge in [0.25, 0.3) is 0 Å². The summed E-state index contributed by atoms with van der Waals surface area (Å²) < 4.78 is 64.3. The number of carbonyl (C=O) groups excluding carboxylic acids is 1. The largest absolute Gasteiger partial charge is 0.506 e. The third kappa shape index (κ3) is 2.82. The van der Waals surface area contributed by atoms with Crippen molar-refractivity contribution in [3.63, 3.8) is 0 Å². The third-order valence-corrected chi connectivity index (χ3v) is 2.71. The summed E-state index contributed by atoms with van der Waals surface area (Å²) in [7, 11) is 0. The molecule has 1 aromatic heterocycles. The number of alkyl halides is 3. The Bertz CT molecular complexity index is 685. The number of benzene rings is 1. The molecule has 0 aliphatic carbocycles. The molecule has 0 bridgehead atoms. The fourth-order valence-electron chi connectivity index (χ4n) is 1.62. The van der Waals surface area contributed by atoms with E-state index in [1.165, 1.54) is 0 Å². The van der Waals surface area contributed by atoms with E-state index in [0.29, 0.717) is 12.3 Å². The van der Waals surface area contributed by atoms with Crippen LogP contribution in [0.5, 0.6) is 0 Å². The summed E-state index contributed by atoms with van der Waals surface area (Å²) in [6, 6.07) is 2.02. The first kappa shape index (κ1) is 15.2. The summed E-state index contributed by atoms with van der Waals surface area (Å²) in [5.41, 5.74) is -0.598. The van der Waals surface area contributed by atoms with Crippen LogP contribution in [-0.2, 0) is 11.1 Å². The first-order valence-corrected chi connectivity index (χ1v) is 5.64. The van der Waals surface area contributed by atoms with Crippen molar-refractivity contribution in [2.75, 3.05) is 4.90 Å². The normalized spacial score (nSPS) is 11.5. The molecular formula is C11H5ClF5N3O. The first-order chi connectivity index (χ1) is 9.75. The minimum Gasteiger partial charge on any atom is -0.278 e. The Balaban J connectivity index is 2.62. The Kier molecular flexibility index (Phi) is 3.86. The minimum absolute atomic E-state index is 0.0819. The number of halogens is 6. The molecule has 0 aliphatic rings. The summed E-state index contributed by atoms with van der Waals surface area (Å²) in [5.74, 6) is -3.07. The average Bonchev–Trinajstić information content (AvgIpc) is 2.75. The number of carbonyl (C=O) groups is 1. The lowest BCUT2D eigenvalue weighted by Gasteiger charge is -2.20. The van der Waals surface area contributed by atoms with E-state index < -0.39 is 39.1 Å². The highest BCUT2D eigenvalue weighted by molar-refractivity contribution is 6.33. The van der Waals surface area contributed by atoms with Crippen LogP contribution in [-0.4, -0.2) is 16.2 Å². The second-order valence-corrected chi connectivity index (χ2v) is 4.17. The molecule has 0 fully saturated rings. The maximum Gasteiger partial charge on any atom is 0.506 e. The van der Waals surface area contributed by atoms with E-state index in [9.17, 15) is 26.7 Å². The second kappa shape index (κ2) is 5.32. The molecule has 0 saturated heterocycles. The molecule has 4 nitrogen and oxygen atoms in total. The molecular weight excluding hydrogens is 321 g/mol. The van der Waals surface area contributed by atoms with Gasteiger partial charge in [-0.25, -0.2) is 8.78 Å². The third-order valence-electron chi connectivity index (χ3n) is 2.44. The Morgan fingerprint density at radius 2 is 1.95 bits per heavy atom. The van der Waals surface area contributed by atoms with Gasteiger partial charge in [0.1, 0.15) is 16.7 Å². The van der Waals surface area contributed by atoms with Crippen LogP contribution in [0.25, 0.3) is 0 Å².